The second-order valence-electron chi connectivity index (χ2n) is 5.06. The first kappa shape index (κ1) is 16.9. The zero-order valence-electron chi connectivity index (χ0n) is 12.9. The van der Waals surface area contributed by atoms with Gasteiger partial charge in [0.15, 0.2) is 6.61 Å². The van der Waals surface area contributed by atoms with Crippen molar-refractivity contribution >= 4 is 39.0 Å². The fourth-order valence-corrected chi connectivity index (χ4v) is 2.47. The van der Waals surface area contributed by atoms with Gasteiger partial charge in [0.05, 0.1) is 17.2 Å². The van der Waals surface area contributed by atoms with E-state index in [1.807, 2.05) is 6.07 Å². The first-order chi connectivity index (χ1) is 12.1. The molecule has 25 heavy (non-hydrogen) atoms. The molecule has 1 aromatic heterocycles. The van der Waals surface area contributed by atoms with Crippen LogP contribution in [-0.2, 0) is 4.79 Å². The van der Waals surface area contributed by atoms with Gasteiger partial charge < -0.3 is 9.15 Å². The second-order valence-corrected chi connectivity index (χ2v) is 5.97. The number of rotatable bonds is 5. The summed E-state index contributed by atoms with van der Waals surface area (Å²) in [5.41, 5.74) is 2.83. The molecule has 1 heterocycles. The largest absolute Gasteiger partial charge is 0.484 e. The molecular formula is C18H13BrN2O4. The summed E-state index contributed by atoms with van der Waals surface area (Å²) in [5, 5.41) is 4.22. The highest BCUT2D eigenvalue weighted by molar-refractivity contribution is 9.10. The number of ether oxygens (including phenoxy) is 1. The quantitative estimate of drug-likeness (QED) is 0.526. The summed E-state index contributed by atoms with van der Waals surface area (Å²) in [6.07, 6.45) is 2.55. The molecule has 0 bridgehead atoms. The van der Waals surface area contributed by atoms with Gasteiger partial charge in [-0.25, -0.2) is 5.43 Å². The summed E-state index contributed by atoms with van der Waals surface area (Å²) in [6.45, 7) is -0.194. The Morgan fingerprint density at radius 2 is 2.08 bits per heavy atom. The van der Waals surface area contributed by atoms with Crippen molar-refractivity contribution in [2.75, 3.05) is 6.61 Å². The molecular weight excluding hydrogens is 388 g/mol. The Morgan fingerprint density at radius 1 is 1.24 bits per heavy atom. The zero-order valence-corrected chi connectivity index (χ0v) is 14.5. The first-order valence-corrected chi connectivity index (χ1v) is 8.13. The van der Waals surface area contributed by atoms with Crippen molar-refractivity contribution in [1.29, 1.82) is 0 Å². The summed E-state index contributed by atoms with van der Waals surface area (Å²) in [5.74, 6) is 0.116. The number of fused-ring (bicyclic) bond motifs is 1. The lowest BCUT2D eigenvalue weighted by molar-refractivity contribution is -0.123. The van der Waals surface area contributed by atoms with Crippen LogP contribution in [0, 0.1) is 0 Å². The predicted molar refractivity (Wildman–Crippen MR) is 97.9 cm³/mol. The molecule has 0 fully saturated rings. The van der Waals surface area contributed by atoms with E-state index in [-0.39, 0.29) is 17.6 Å². The van der Waals surface area contributed by atoms with Gasteiger partial charge >= 0.3 is 0 Å². The molecule has 2 aromatic carbocycles. The van der Waals surface area contributed by atoms with Gasteiger partial charge in [-0.05, 0) is 30.3 Å². The third kappa shape index (κ3) is 4.33. The van der Waals surface area contributed by atoms with Crippen LogP contribution in [0.1, 0.15) is 5.56 Å². The van der Waals surface area contributed by atoms with E-state index in [1.54, 1.807) is 42.5 Å². The van der Waals surface area contributed by atoms with E-state index in [0.29, 0.717) is 16.7 Å². The molecule has 0 saturated carbocycles. The van der Waals surface area contributed by atoms with E-state index in [4.69, 9.17) is 9.15 Å². The van der Waals surface area contributed by atoms with E-state index in [1.165, 1.54) is 12.5 Å². The molecule has 0 aliphatic rings. The monoisotopic (exact) mass is 400 g/mol. The fourth-order valence-electron chi connectivity index (χ4n) is 2.09. The maximum atomic E-state index is 12.3. The van der Waals surface area contributed by atoms with Crippen molar-refractivity contribution in [3.8, 4) is 5.75 Å². The number of nitrogens with zero attached hydrogens (tertiary/aromatic N) is 1. The number of amides is 1. The topological polar surface area (TPSA) is 80.9 Å². The Morgan fingerprint density at radius 3 is 2.92 bits per heavy atom. The normalized spacial score (nSPS) is 10.9. The Hall–Kier alpha value is -2.93. The fraction of sp³-hybridized carbons (Fsp3) is 0.0556. The Balaban J connectivity index is 1.60. The molecule has 3 aromatic rings. The number of carbonyl (C=O) groups is 1. The van der Waals surface area contributed by atoms with Crippen molar-refractivity contribution in [3.63, 3.8) is 0 Å². The highest BCUT2D eigenvalue weighted by Crippen LogP contribution is 2.17. The van der Waals surface area contributed by atoms with Crippen molar-refractivity contribution in [3.05, 3.63) is 75.1 Å². The highest BCUT2D eigenvalue weighted by Gasteiger charge is 2.05. The third-order valence-corrected chi connectivity index (χ3v) is 3.76. The van der Waals surface area contributed by atoms with Crippen LogP contribution in [0.25, 0.3) is 11.0 Å². The van der Waals surface area contributed by atoms with Gasteiger partial charge in [-0.1, -0.05) is 34.1 Å². The van der Waals surface area contributed by atoms with E-state index in [0.717, 1.165) is 4.47 Å². The highest BCUT2D eigenvalue weighted by atomic mass is 79.9. The maximum Gasteiger partial charge on any atom is 0.277 e. The number of nitrogens with one attached hydrogen (secondary N) is 1. The van der Waals surface area contributed by atoms with Crippen LogP contribution in [0.5, 0.6) is 5.75 Å². The number of para-hydroxylation sites is 1. The third-order valence-electron chi connectivity index (χ3n) is 3.27. The van der Waals surface area contributed by atoms with Gasteiger partial charge in [-0.15, -0.1) is 0 Å². The number of carbonyl (C=O) groups excluding carboxylic acids is 1. The van der Waals surface area contributed by atoms with E-state index in [2.05, 4.69) is 26.5 Å². The smallest absolute Gasteiger partial charge is 0.277 e. The maximum absolute atomic E-state index is 12.3. The van der Waals surface area contributed by atoms with Crippen LogP contribution in [0.15, 0.2) is 73.6 Å². The van der Waals surface area contributed by atoms with Gasteiger partial charge in [0.2, 0.25) is 5.43 Å². The van der Waals surface area contributed by atoms with Crippen molar-refractivity contribution in [2.45, 2.75) is 0 Å². The molecule has 3 rings (SSSR count). The molecule has 0 saturated heterocycles. The number of hydrazone groups is 1. The van der Waals surface area contributed by atoms with Crippen LogP contribution in [0.4, 0.5) is 0 Å². The van der Waals surface area contributed by atoms with Crippen LogP contribution >= 0.6 is 15.9 Å². The predicted octanol–water partition coefficient (Wildman–Crippen LogP) is 3.08. The molecule has 0 atom stereocenters. The molecule has 0 radical (unpaired) electrons. The van der Waals surface area contributed by atoms with Crippen molar-refractivity contribution in [1.82, 2.24) is 5.43 Å². The lowest BCUT2D eigenvalue weighted by atomic mass is 10.2. The van der Waals surface area contributed by atoms with E-state index < -0.39 is 5.91 Å². The van der Waals surface area contributed by atoms with Crippen LogP contribution in [0.3, 0.4) is 0 Å². The van der Waals surface area contributed by atoms with Crippen LogP contribution < -0.4 is 15.6 Å². The SMILES string of the molecule is O=C(COc1cccc(Br)c1)N/N=C/c1coc2ccccc2c1=O. The minimum atomic E-state index is -0.443. The van der Waals surface area contributed by atoms with Gasteiger partial charge in [0, 0.05) is 4.47 Å². The molecule has 7 heteroatoms. The number of hydrogen-bond donors (Lipinski definition) is 1. The Kier molecular flexibility index (Phi) is 5.25. The average molecular weight is 401 g/mol. The van der Waals surface area contributed by atoms with Crippen LogP contribution in [-0.4, -0.2) is 18.7 Å². The minimum absolute atomic E-state index is 0.194. The van der Waals surface area contributed by atoms with Gasteiger partial charge in [0.25, 0.3) is 5.91 Å². The minimum Gasteiger partial charge on any atom is -0.484 e. The van der Waals surface area contributed by atoms with E-state index >= 15 is 0 Å². The van der Waals surface area contributed by atoms with Gasteiger partial charge in [-0.3, -0.25) is 9.59 Å². The molecule has 1 N–H and O–H groups in total. The zero-order chi connectivity index (χ0) is 17.6. The lowest BCUT2D eigenvalue weighted by Gasteiger charge is -2.05. The Bertz CT molecular complexity index is 998. The van der Waals surface area contributed by atoms with E-state index in [9.17, 15) is 9.59 Å². The number of halogens is 1. The summed E-state index contributed by atoms with van der Waals surface area (Å²) in [7, 11) is 0. The van der Waals surface area contributed by atoms with Crippen LogP contribution in [0.2, 0.25) is 0 Å². The molecule has 0 spiro atoms. The average Bonchev–Trinajstić information content (AvgIpc) is 2.62. The summed E-state index contributed by atoms with van der Waals surface area (Å²) in [6, 6.07) is 14.0. The molecule has 6 nitrogen and oxygen atoms in total. The van der Waals surface area contributed by atoms with Crippen molar-refractivity contribution in [2.24, 2.45) is 5.10 Å². The summed E-state index contributed by atoms with van der Waals surface area (Å²) < 4.78 is 11.6. The van der Waals surface area contributed by atoms with Gasteiger partial charge in [0.1, 0.15) is 17.6 Å². The standard InChI is InChI=1S/C18H13BrN2O4/c19-13-4-3-5-14(8-13)24-11-17(22)21-20-9-12-10-25-16-7-2-1-6-15(16)18(12)23/h1-10H,11H2,(H,21,22)/b20-9+. The number of hydrogen-bond acceptors (Lipinski definition) is 5. The summed E-state index contributed by atoms with van der Waals surface area (Å²) in [4.78, 5) is 24.0. The second kappa shape index (κ2) is 7.76. The molecule has 126 valence electrons. The lowest BCUT2D eigenvalue weighted by Crippen LogP contribution is -2.25. The number of benzene rings is 2. The molecule has 1 amide bonds. The molecule has 0 unspecified atom stereocenters. The molecule has 0 aliphatic heterocycles. The first-order valence-electron chi connectivity index (χ1n) is 7.34. The van der Waals surface area contributed by atoms with Gasteiger partial charge in [-0.2, -0.15) is 5.10 Å². The summed E-state index contributed by atoms with van der Waals surface area (Å²) >= 11 is 3.32. The molecule has 0 aliphatic carbocycles. The Labute approximate surface area is 151 Å². The van der Waals surface area contributed by atoms with Crippen molar-refractivity contribution < 1.29 is 13.9 Å².